The zero-order chi connectivity index (χ0) is 20.8. The number of hydrogen-bond donors (Lipinski definition) is 0. The molecule has 0 aromatic heterocycles. The molecule has 0 aliphatic rings. The van der Waals surface area contributed by atoms with Gasteiger partial charge in [0.2, 0.25) is 0 Å². The number of carbonyl (C=O) groups is 3. The fourth-order valence-corrected chi connectivity index (χ4v) is 1.91. The summed E-state index contributed by atoms with van der Waals surface area (Å²) < 4.78 is 15.3. The summed E-state index contributed by atoms with van der Waals surface area (Å²) in [7, 11) is 1.16. The Bertz CT molecular complexity index is 682. The highest BCUT2D eigenvalue weighted by Gasteiger charge is 2.37. The van der Waals surface area contributed by atoms with E-state index in [2.05, 4.69) is 0 Å². The van der Waals surface area contributed by atoms with Gasteiger partial charge in [-0.25, -0.2) is 14.4 Å². The van der Waals surface area contributed by atoms with Crippen LogP contribution in [0.4, 0.5) is 9.59 Å². The minimum absolute atomic E-state index is 0.313. The Labute approximate surface area is 159 Å². The highest BCUT2D eigenvalue weighted by Crippen LogP contribution is 2.21. The van der Waals surface area contributed by atoms with Crippen LogP contribution in [0.15, 0.2) is 36.0 Å². The SMILES string of the molecule is COC(=O)/C(=C\c1ccccc1)N(C(=O)OC(C)(C)C)C(=O)OC(C)(C)C. The molecule has 0 spiro atoms. The maximum atomic E-state index is 12.7. The molecule has 0 fully saturated rings. The average Bonchev–Trinajstić information content (AvgIpc) is 2.51. The lowest BCUT2D eigenvalue weighted by Crippen LogP contribution is -2.44. The van der Waals surface area contributed by atoms with Gasteiger partial charge in [0.05, 0.1) is 7.11 Å². The Kier molecular flexibility index (Phi) is 7.16. The van der Waals surface area contributed by atoms with Crippen LogP contribution in [0.25, 0.3) is 6.08 Å². The molecule has 0 unspecified atom stereocenters. The van der Waals surface area contributed by atoms with E-state index in [9.17, 15) is 14.4 Å². The summed E-state index contributed by atoms with van der Waals surface area (Å²) in [6.07, 6.45) is -0.715. The van der Waals surface area contributed by atoms with Crippen molar-refractivity contribution >= 4 is 24.2 Å². The molecule has 0 saturated heterocycles. The fourth-order valence-electron chi connectivity index (χ4n) is 1.91. The summed E-state index contributed by atoms with van der Waals surface area (Å²) in [5, 5.41) is 0. The van der Waals surface area contributed by atoms with Crippen molar-refractivity contribution in [3.8, 4) is 0 Å². The van der Waals surface area contributed by atoms with Gasteiger partial charge in [-0.1, -0.05) is 30.3 Å². The van der Waals surface area contributed by atoms with E-state index in [1.807, 2.05) is 0 Å². The Hall–Kier alpha value is -2.83. The minimum Gasteiger partial charge on any atom is -0.464 e. The maximum absolute atomic E-state index is 12.7. The number of benzene rings is 1. The summed E-state index contributed by atoms with van der Waals surface area (Å²) in [5.41, 5.74) is -1.49. The molecule has 7 heteroatoms. The van der Waals surface area contributed by atoms with Crippen LogP contribution in [-0.4, -0.2) is 41.4 Å². The van der Waals surface area contributed by atoms with E-state index in [0.717, 1.165) is 7.11 Å². The first kappa shape index (κ1) is 22.2. The smallest absolute Gasteiger partial charge is 0.424 e. The molecule has 148 valence electrons. The van der Waals surface area contributed by atoms with Gasteiger partial charge in [-0.3, -0.25) is 0 Å². The molecule has 0 N–H and O–H groups in total. The van der Waals surface area contributed by atoms with E-state index in [1.54, 1.807) is 71.9 Å². The van der Waals surface area contributed by atoms with Crippen LogP contribution in [0.2, 0.25) is 0 Å². The Morgan fingerprint density at radius 1 is 0.852 bits per heavy atom. The quantitative estimate of drug-likeness (QED) is 0.442. The summed E-state index contributed by atoms with van der Waals surface area (Å²) in [6, 6.07) is 8.74. The van der Waals surface area contributed by atoms with Gasteiger partial charge in [0.25, 0.3) is 0 Å². The summed E-state index contributed by atoms with van der Waals surface area (Å²) in [4.78, 5) is 38.3. The monoisotopic (exact) mass is 377 g/mol. The number of carbonyl (C=O) groups excluding carboxylic acids is 3. The van der Waals surface area contributed by atoms with Gasteiger partial charge in [-0.2, -0.15) is 4.90 Å². The van der Waals surface area contributed by atoms with Crippen molar-refractivity contribution in [2.45, 2.75) is 52.7 Å². The first-order valence-electron chi connectivity index (χ1n) is 8.45. The van der Waals surface area contributed by atoms with Crippen LogP contribution >= 0.6 is 0 Å². The molecule has 0 saturated carbocycles. The number of hydrogen-bond acceptors (Lipinski definition) is 6. The van der Waals surface area contributed by atoms with E-state index in [-0.39, 0.29) is 5.70 Å². The van der Waals surface area contributed by atoms with Crippen molar-refractivity contribution in [3.63, 3.8) is 0 Å². The van der Waals surface area contributed by atoms with Gasteiger partial charge in [-0.05, 0) is 53.2 Å². The first-order valence-corrected chi connectivity index (χ1v) is 8.45. The van der Waals surface area contributed by atoms with Crippen molar-refractivity contribution in [2.24, 2.45) is 0 Å². The standard InChI is InChI=1S/C20H27NO6/c1-19(2,3)26-17(23)21(18(24)27-20(4,5)6)15(16(22)25-7)13-14-11-9-8-10-12-14/h8-13H,1-7H3/b15-13+. The number of amides is 2. The molecule has 0 aliphatic carbocycles. The van der Waals surface area contributed by atoms with Crippen molar-refractivity contribution in [2.75, 3.05) is 7.11 Å². The molecule has 2 amide bonds. The van der Waals surface area contributed by atoms with Crippen LogP contribution < -0.4 is 0 Å². The number of imide groups is 1. The van der Waals surface area contributed by atoms with Gasteiger partial charge in [-0.15, -0.1) is 0 Å². The third-order valence-electron chi connectivity index (χ3n) is 2.89. The molecule has 0 radical (unpaired) electrons. The predicted octanol–water partition coefficient (Wildman–Crippen LogP) is 4.37. The van der Waals surface area contributed by atoms with Crippen molar-refractivity contribution in [1.82, 2.24) is 4.90 Å². The van der Waals surface area contributed by atoms with Crippen LogP contribution in [0, 0.1) is 0 Å². The highest BCUT2D eigenvalue weighted by atomic mass is 16.6. The van der Waals surface area contributed by atoms with Crippen LogP contribution in [0.1, 0.15) is 47.1 Å². The number of ether oxygens (including phenoxy) is 3. The minimum atomic E-state index is -1.04. The Morgan fingerprint density at radius 3 is 1.67 bits per heavy atom. The third-order valence-corrected chi connectivity index (χ3v) is 2.89. The van der Waals surface area contributed by atoms with Gasteiger partial charge in [0, 0.05) is 0 Å². The Balaban J connectivity index is 3.45. The second-order valence-electron chi connectivity index (χ2n) is 7.73. The molecule has 27 heavy (non-hydrogen) atoms. The number of rotatable bonds is 3. The van der Waals surface area contributed by atoms with Crippen LogP contribution in [0.3, 0.4) is 0 Å². The molecule has 1 aromatic rings. The van der Waals surface area contributed by atoms with E-state index in [1.165, 1.54) is 6.08 Å². The highest BCUT2D eigenvalue weighted by molar-refractivity contribution is 6.04. The number of methoxy groups -OCH3 is 1. The third kappa shape index (κ3) is 7.52. The van der Waals surface area contributed by atoms with Crippen molar-refractivity contribution in [3.05, 3.63) is 41.6 Å². The lowest BCUT2D eigenvalue weighted by molar-refractivity contribution is -0.137. The zero-order valence-corrected chi connectivity index (χ0v) is 16.9. The molecule has 0 heterocycles. The largest absolute Gasteiger partial charge is 0.464 e. The van der Waals surface area contributed by atoms with Crippen LogP contribution in [0.5, 0.6) is 0 Å². The Morgan fingerprint density at radius 2 is 1.30 bits per heavy atom. The lowest BCUT2D eigenvalue weighted by Gasteiger charge is -2.29. The van der Waals surface area contributed by atoms with Gasteiger partial charge < -0.3 is 14.2 Å². The average molecular weight is 377 g/mol. The lowest BCUT2D eigenvalue weighted by atomic mass is 10.2. The van der Waals surface area contributed by atoms with Crippen LogP contribution in [-0.2, 0) is 19.0 Å². The second kappa shape index (κ2) is 8.70. The summed E-state index contributed by atoms with van der Waals surface area (Å²) >= 11 is 0. The molecular weight excluding hydrogens is 350 g/mol. The molecule has 1 aromatic carbocycles. The normalized spacial score (nSPS) is 12.2. The summed E-state index contributed by atoms with van der Waals surface area (Å²) in [5.74, 6) is -0.879. The van der Waals surface area contributed by atoms with Crippen molar-refractivity contribution in [1.29, 1.82) is 0 Å². The maximum Gasteiger partial charge on any atom is 0.424 e. The molecule has 0 atom stereocenters. The van der Waals surface area contributed by atoms with Crippen molar-refractivity contribution < 1.29 is 28.6 Å². The summed E-state index contributed by atoms with van der Waals surface area (Å²) in [6.45, 7) is 9.90. The molecule has 1 rings (SSSR count). The van der Waals surface area contributed by atoms with E-state index in [0.29, 0.717) is 10.5 Å². The topological polar surface area (TPSA) is 82.1 Å². The predicted molar refractivity (Wildman–Crippen MR) is 101 cm³/mol. The van der Waals surface area contributed by atoms with E-state index >= 15 is 0 Å². The van der Waals surface area contributed by atoms with Gasteiger partial charge in [0.15, 0.2) is 0 Å². The number of esters is 1. The van der Waals surface area contributed by atoms with Gasteiger partial charge in [0.1, 0.15) is 16.9 Å². The molecule has 7 nitrogen and oxygen atoms in total. The molecule has 0 aliphatic heterocycles. The number of nitrogens with zero attached hydrogens (tertiary/aromatic N) is 1. The van der Waals surface area contributed by atoms with E-state index in [4.69, 9.17) is 14.2 Å². The molecule has 0 bridgehead atoms. The zero-order valence-electron chi connectivity index (χ0n) is 16.9. The second-order valence-corrected chi connectivity index (χ2v) is 7.73. The fraction of sp³-hybridized carbons (Fsp3) is 0.450. The first-order chi connectivity index (χ1) is 12.3. The van der Waals surface area contributed by atoms with E-state index < -0.39 is 29.4 Å². The molecular formula is C20H27NO6. The van der Waals surface area contributed by atoms with Gasteiger partial charge >= 0.3 is 18.2 Å².